The third kappa shape index (κ3) is 3.98. The molecule has 0 atom stereocenters. The van der Waals surface area contributed by atoms with E-state index in [0.29, 0.717) is 18.0 Å². The maximum Gasteiger partial charge on any atom is 0.322 e. The Morgan fingerprint density at radius 2 is 1.74 bits per heavy atom. The first-order valence-corrected chi connectivity index (χ1v) is 9.63. The molecule has 0 bridgehead atoms. The van der Waals surface area contributed by atoms with Crippen LogP contribution in [0.4, 0.5) is 11.7 Å². The largest absolute Gasteiger partial charge is 0.408 e. The molecule has 2 aromatic carbocycles. The fraction of sp³-hybridized carbons (Fsp3) is 0.167. The van der Waals surface area contributed by atoms with Crippen LogP contribution in [0.25, 0.3) is 0 Å². The van der Waals surface area contributed by atoms with Crippen LogP contribution in [0, 0.1) is 0 Å². The SMILES string of the molecule is CCc1nnc(NC(=O)c2ccc(S(=O)(=O)N(C)c3ccccc3)cc2)o1. The van der Waals surface area contributed by atoms with Crippen LogP contribution in [0.2, 0.25) is 0 Å². The molecule has 0 spiro atoms. The average molecular weight is 386 g/mol. The van der Waals surface area contributed by atoms with Gasteiger partial charge in [-0.2, -0.15) is 0 Å². The molecule has 0 saturated heterocycles. The van der Waals surface area contributed by atoms with E-state index in [2.05, 4.69) is 15.5 Å². The smallest absolute Gasteiger partial charge is 0.322 e. The summed E-state index contributed by atoms with van der Waals surface area (Å²) in [6, 6.07) is 14.4. The van der Waals surface area contributed by atoms with Crippen LogP contribution in [-0.4, -0.2) is 31.6 Å². The molecule has 0 saturated carbocycles. The number of amides is 1. The molecule has 8 nitrogen and oxygen atoms in total. The van der Waals surface area contributed by atoms with Gasteiger partial charge in [0.2, 0.25) is 5.89 Å². The van der Waals surface area contributed by atoms with E-state index >= 15 is 0 Å². The number of nitrogens with zero attached hydrogens (tertiary/aromatic N) is 3. The Morgan fingerprint density at radius 3 is 2.33 bits per heavy atom. The number of para-hydroxylation sites is 1. The van der Waals surface area contributed by atoms with Gasteiger partial charge in [0.1, 0.15) is 0 Å². The van der Waals surface area contributed by atoms with Crippen molar-refractivity contribution in [2.45, 2.75) is 18.2 Å². The summed E-state index contributed by atoms with van der Waals surface area (Å²) < 4.78 is 31.9. The van der Waals surface area contributed by atoms with Crippen molar-refractivity contribution in [1.82, 2.24) is 10.2 Å². The predicted molar refractivity (Wildman–Crippen MR) is 100 cm³/mol. The van der Waals surface area contributed by atoms with Gasteiger partial charge >= 0.3 is 6.01 Å². The molecule has 0 fully saturated rings. The molecule has 0 aliphatic rings. The van der Waals surface area contributed by atoms with Gasteiger partial charge in [-0.05, 0) is 36.4 Å². The van der Waals surface area contributed by atoms with Crippen LogP contribution < -0.4 is 9.62 Å². The number of benzene rings is 2. The first-order valence-electron chi connectivity index (χ1n) is 8.19. The van der Waals surface area contributed by atoms with Crippen molar-refractivity contribution in [1.29, 1.82) is 0 Å². The van der Waals surface area contributed by atoms with Crippen LogP contribution in [0.15, 0.2) is 63.9 Å². The van der Waals surface area contributed by atoms with Crippen molar-refractivity contribution < 1.29 is 17.6 Å². The van der Waals surface area contributed by atoms with Gasteiger partial charge in [0.05, 0.1) is 10.6 Å². The summed E-state index contributed by atoms with van der Waals surface area (Å²) in [6.45, 7) is 1.85. The lowest BCUT2D eigenvalue weighted by Gasteiger charge is -2.19. The van der Waals surface area contributed by atoms with Crippen LogP contribution in [-0.2, 0) is 16.4 Å². The normalized spacial score (nSPS) is 11.2. The van der Waals surface area contributed by atoms with Crippen LogP contribution in [0.1, 0.15) is 23.2 Å². The van der Waals surface area contributed by atoms with Gasteiger partial charge in [-0.25, -0.2) is 8.42 Å². The van der Waals surface area contributed by atoms with E-state index in [4.69, 9.17) is 4.42 Å². The maximum atomic E-state index is 12.7. The number of anilines is 2. The summed E-state index contributed by atoms with van der Waals surface area (Å²) in [5.41, 5.74) is 0.815. The summed E-state index contributed by atoms with van der Waals surface area (Å²) in [6.07, 6.45) is 0.560. The number of nitrogens with one attached hydrogen (secondary N) is 1. The van der Waals surface area contributed by atoms with Gasteiger partial charge in [0.25, 0.3) is 15.9 Å². The number of carbonyl (C=O) groups excluding carboxylic acids is 1. The Kier molecular flexibility index (Phi) is 5.22. The van der Waals surface area contributed by atoms with Crippen LogP contribution in [0.3, 0.4) is 0 Å². The summed E-state index contributed by atoms with van der Waals surface area (Å²) in [5.74, 6) is -0.0580. The molecule has 1 aromatic heterocycles. The molecule has 1 N–H and O–H groups in total. The number of aromatic nitrogens is 2. The van der Waals surface area contributed by atoms with E-state index in [1.54, 1.807) is 24.3 Å². The van der Waals surface area contributed by atoms with E-state index in [1.807, 2.05) is 13.0 Å². The van der Waals surface area contributed by atoms with Gasteiger partial charge < -0.3 is 4.42 Å². The highest BCUT2D eigenvalue weighted by molar-refractivity contribution is 7.92. The second-order valence-corrected chi connectivity index (χ2v) is 7.61. The second-order valence-electron chi connectivity index (χ2n) is 5.64. The van der Waals surface area contributed by atoms with Gasteiger partial charge in [-0.15, -0.1) is 5.10 Å². The molecule has 3 aromatic rings. The number of rotatable bonds is 6. The van der Waals surface area contributed by atoms with Crippen molar-refractivity contribution >= 4 is 27.6 Å². The number of hydrogen-bond acceptors (Lipinski definition) is 6. The predicted octanol–water partition coefficient (Wildman–Crippen LogP) is 2.71. The zero-order valence-electron chi connectivity index (χ0n) is 14.8. The van der Waals surface area contributed by atoms with E-state index < -0.39 is 15.9 Å². The molecule has 3 rings (SSSR count). The number of carbonyl (C=O) groups is 1. The highest BCUT2D eigenvalue weighted by Crippen LogP contribution is 2.22. The Labute approximate surface area is 156 Å². The summed E-state index contributed by atoms with van der Waals surface area (Å²) >= 11 is 0. The van der Waals surface area contributed by atoms with Crippen molar-refractivity contribution in [2.24, 2.45) is 0 Å². The summed E-state index contributed by atoms with van der Waals surface area (Å²) in [5, 5.41) is 9.96. The topological polar surface area (TPSA) is 105 Å². The maximum absolute atomic E-state index is 12.7. The second kappa shape index (κ2) is 7.58. The molecule has 27 heavy (non-hydrogen) atoms. The lowest BCUT2D eigenvalue weighted by molar-refractivity contribution is 0.102. The Bertz CT molecular complexity index is 1030. The Morgan fingerprint density at radius 1 is 1.07 bits per heavy atom. The van der Waals surface area contributed by atoms with Gasteiger partial charge in [0.15, 0.2) is 0 Å². The number of hydrogen-bond donors (Lipinski definition) is 1. The monoisotopic (exact) mass is 386 g/mol. The van der Waals surface area contributed by atoms with Gasteiger partial charge in [-0.3, -0.25) is 14.4 Å². The Balaban J connectivity index is 1.77. The van der Waals surface area contributed by atoms with Crippen molar-refractivity contribution in [3.63, 3.8) is 0 Å². The molecule has 9 heteroatoms. The summed E-state index contributed by atoms with van der Waals surface area (Å²) in [7, 11) is -2.25. The average Bonchev–Trinajstić information content (AvgIpc) is 3.15. The highest BCUT2D eigenvalue weighted by Gasteiger charge is 2.21. The fourth-order valence-electron chi connectivity index (χ4n) is 2.33. The lowest BCUT2D eigenvalue weighted by Crippen LogP contribution is -2.26. The van der Waals surface area contributed by atoms with E-state index in [9.17, 15) is 13.2 Å². The summed E-state index contributed by atoms with van der Waals surface area (Å²) in [4.78, 5) is 12.3. The zero-order valence-corrected chi connectivity index (χ0v) is 15.6. The molecule has 1 amide bonds. The lowest BCUT2D eigenvalue weighted by atomic mass is 10.2. The number of aryl methyl sites for hydroxylation is 1. The zero-order chi connectivity index (χ0) is 19.4. The van der Waals surface area contributed by atoms with E-state index in [1.165, 1.54) is 35.6 Å². The van der Waals surface area contributed by atoms with Gasteiger partial charge in [-0.1, -0.05) is 30.2 Å². The molecule has 0 aliphatic heterocycles. The third-order valence-corrected chi connectivity index (χ3v) is 5.68. The minimum absolute atomic E-state index is 0.00245. The molecular weight excluding hydrogens is 368 g/mol. The minimum atomic E-state index is -3.73. The first-order chi connectivity index (χ1) is 12.9. The molecule has 0 unspecified atom stereocenters. The highest BCUT2D eigenvalue weighted by atomic mass is 32.2. The van der Waals surface area contributed by atoms with Crippen molar-refractivity contribution in [3.8, 4) is 0 Å². The molecule has 1 heterocycles. The molecular formula is C18H18N4O4S. The number of sulfonamides is 1. The van der Waals surface area contributed by atoms with E-state index in [0.717, 1.165) is 0 Å². The van der Waals surface area contributed by atoms with Crippen LogP contribution in [0.5, 0.6) is 0 Å². The standard InChI is InChI=1S/C18H18N4O4S/c1-3-16-20-21-18(26-16)19-17(23)13-9-11-15(12-10-13)27(24,25)22(2)14-7-5-4-6-8-14/h4-12H,3H2,1-2H3,(H,19,21,23). The van der Waals surface area contributed by atoms with Crippen molar-refractivity contribution in [2.75, 3.05) is 16.7 Å². The Hall–Kier alpha value is -3.20. The van der Waals surface area contributed by atoms with Crippen LogP contribution >= 0.6 is 0 Å². The molecule has 0 aliphatic carbocycles. The van der Waals surface area contributed by atoms with Crippen molar-refractivity contribution in [3.05, 3.63) is 66.1 Å². The van der Waals surface area contributed by atoms with Gasteiger partial charge in [0, 0.05) is 19.0 Å². The minimum Gasteiger partial charge on any atom is -0.408 e. The first kappa shape index (κ1) is 18.6. The fourth-order valence-corrected chi connectivity index (χ4v) is 3.52. The third-order valence-electron chi connectivity index (χ3n) is 3.88. The quantitative estimate of drug-likeness (QED) is 0.698. The molecule has 0 radical (unpaired) electrons. The van der Waals surface area contributed by atoms with E-state index in [-0.39, 0.29) is 16.5 Å². The molecule has 140 valence electrons.